The van der Waals surface area contributed by atoms with Crippen molar-refractivity contribution in [1.82, 2.24) is 4.98 Å². The molecule has 3 aromatic carbocycles. The number of fused-ring (bicyclic) bond motifs is 1. The van der Waals surface area contributed by atoms with Gasteiger partial charge in [-0.2, -0.15) is 0 Å². The number of thioether (sulfide) groups is 1. The number of rotatable bonds is 9. The second kappa shape index (κ2) is 10.4. The number of para-hydroxylation sites is 3. The van der Waals surface area contributed by atoms with Crippen molar-refractivity contribution in [3.63, 3.8) is 0 Å². The van der Waals surface area contributed by atoms with Crippen molar-refractivity contribution >= 4 is 56.6 Å². The predicted octanol–water partition coefficient (Wildman–Crippen LogP) is 6.23. The third-order valence-electron chi connectivity index (χ3n) is 4.99. The van der Waals surface area contributed by atoms with Gasteiger partial charge in [-0.15, -0.1) is 11.3 Å². The number of carbonyl (C=O) groups is 2. The second-order valence-corrected chi connectivity index (χ2v) is 9.53. The molecule has 1 aromatic heterocycles. The molecule has 0 bridgehead atoms. The number of carboxylic acids is 1. The minimum atomic E-state index is -0.904. The number of benzene rings is 3. The molecule has 0 aliphatic rings. The zero-order valence-corrected chi connectivity index (χ0v) is 18.9. The van der Waals surface area contributed by atoms with Crippen LogP contribution in [0.15, 0.2) is 89.3 Å². The van der Waals surface area contributed by atoms with Crippen LogP contribution in [0.5, 0.6) is 0 Å². The van der Waals surface area contributed by atoms with Gasteiger partial charge in [0.15, 0.2) is 4.34 Å². The molecular weight excluding hydrogens is 440 g/mol. The molecule has 0 aliphatic carbocycles. The van der Waals surface area contributed by atoms with E-state index in [1.165, 1.54) is 11.8 Å². The highest BCUT2D eigenvalue weighted by Crippen LogP contribution is 2.34. The molecule has 0 saturated heterocycles. The number of anilines is 2. The van der Waals surface area contributed by atoms with Crippen molar-refractivity contribution in [2.45, 2.75) is 17.2 Å². The summed E-state index contributed by atoms with van der Waals surface area (Å²) in [7, 11) is 0. The van der Waals surface area contributed by atoms with Gasteiger partial charge in [-0.05, 0) is 42.8 Å². The monoisotopic (exact) mass is 462 g/mol. The van der Waals surface area contributed by atoms with Crippen LogP contribution in [0.3, 0.4) is 0 Å². The highest BCUT2D eigenvalue weighted by molar-refractivity contribution is 8.01. The molecule has 0 radical (unpaired) electrons. The molecule has 1 N–H and O–H groups in total. The van der Waals surface area contributed by atoms with Gasteiger partial charge in [-0.25, -0.2) is 4.98 Å². The Balaban J connectivity index is 1.60. The lowest BCUT2D eigenvalue weighted by Gasteiger charge is -2.27. The lowest BCUT2D eigenvalue weighted by atomic mass is 10.0. The van der Waals surface area contributed by atoms with Crippen molar-refractivity contribution in [3.8, 4) is 0 Å². The number of carbonyl (C=O) groups excluding carboxylic acids is 1. The molecular formula is C25H22N2O3S2. The molecule has 0 aliphatic heterocycles. The molecule has 1 unspecified atom stereocenters. The molecule has 0 spiro atoms. The van der Waals surface area contributed by atoms with E-state index in [1.807, 2.05) is 84.9 Å². The summed E-state index contributed by atoms with van der Waals surface area (Å²) in [6.45, 7) is 0. The second-order valence-electron chi connectivity index (χ2n) is 7.23. The van der Waals surface area contributed by atoms with E-state index in [0.29, 0.717) is 5.75 Å². The Kier molecular flexibility index (Phi) is 7.19. The fourth-order valence-corrected chi connectivity index (χ4v) is 5.62. The fourth-order valence-electron chi connectivity index (χ4n) is 3.40. The molecule has 162 valence electrons. The minimum absolute atomic E-state index is 0.0613. The van der Waals surface area contributed by atoms with Gasteiger partial charge in [0.1, 0.15) is 0 Å². The lowest BCUT2D eigenvalue weighted by Crippen LogP contribution is -2.34. The van der Waals surface area contributed by atoms with Crippen LogP contribution in [-0.2, 0) is 9.59 Å². The van der Waals surface area contributed by atoms with Gasteiger partial charge in [0.2, 0.25) is 5.91 Å². The van der Waals surface area contributed by atoms with Crippen LogP contribution < -0.4 is 4.90 Å². The van der Waals surface area contributed by atoms with Gasteiger partial charge < -0.3 is 5.11 Å². The Morgan fingerprint density at radius 1 is 0.906 bits per heavy atom. The van der Waals surface area contributed by atoms with E-state index in [1.54, 1.807) is 16.2 Å². The number of thiazole rings is 1. The number of nitrogens with zero attached hydrogens (tertiary/aromatic N) is 2. The molecule has 7 heteroatoms. The van der Waals surface area contributed by atoms with Crippen molar-refractivity contribution in [3.05, 3.63) is 84.9 Å². The molecule has 32 heavy (non-hydrogen) atoms. The molecule has 0 fully saturated rings. The van der Waals surface area contributed by atoms with Crippen LogP contribution in [0, 0.1) is 5.92 Å². The maximum absolute atomic E-state index is 13.8. The van der Waals surface area contributed by atoms with E-state index in [-0.39, 0.29) is 18.7 Å². The van der Waals surface area contributed by atoms with Gasteiger partial charge in [0.05, 0.1) is 10.2 Å². The molecule has 0 saturated carbocycles. The molecule has 1 heterocycles. The summed E-state index contributed by atoms with van der Waals surface area (Å²) in [4.78, 5) is 31.4. The quantitative estimate of drug-likeness (QED) is 0.298. The van der Waals surface area contributed by atoms with Crippen molar-refractivity contribution in [2.75, 3.05) is 10.7 Å². The van der Waals surface area contributed by atoms with Crippen LogP contribution in [0.25, 0.3) is 10.2 Å². The molecule has 4 rings (SSSR count). The van der Waals surface area contributed by atoms with Gasteiger partial charge >= 0.3 is 5.97 Å². The molecule has 1 amide bonds. The van der Waals surface area contributed by atoms with Gasteiger partial charge in [-0.1, -0.05) is 60.3 Å². The Labute approximate surface area is 194 Å². The summed E-state index contributed by atoms with van der Waals surface area (Å²) < 4.78 is 1.98. The van der Waals surface area contributed by atoms with E-state index in [9.17, 15) is 14.7 Å². The first kappa shape index (κ1) is 22.0. The first-order valence-corrected chi connectivity index (χ1v) is 12.1. The molecule has 4 aromatic rings. The maximum Gasteiger partial charge on any atom is 0.303 e. The van der Waals surface area contributed by atoms with Gasteiger partial charge in [-0.3, -0.25) is 14.5 Å². The van der Waals surface area contributed by atoms with E-state index in [0.717, 1.165) is 25.9 Å². The van der Waals surface area contributed by atoms with Gasteiger partial charge in [0, 0.05) is 29.5 Å². The van der Waals surface area contributed by atoms with Crippen LogP contribution in [0.2, 0.25) is 0 Å². The fraction of sp³-hybridized carbons (Fsp3) is 0.160. The Bertz CT molecular complexity index is 1120. The summed E-state index contributed by atoms with van der Waals surface area (Å²) in [5, 5.41) is 9.26. The highest BCUT2D eigenvalue weighted by atomic mass is 32.2. The predicted molar refractivity (Wildman–Crippen MR) is 131 cm³/mol. The third-order valence-corrected chi connectivity index (χ3v) is 7.33. The van der Waals surface area contributed by atoms with E-state index >= 15 is 0 Å². The van der Waals surface area contributed by atoms with Crippen LogP contribution in [-0.4, -0.2) is 27.7 Å². The van der Waals surface area contributed by atoms with Crippen molar-refractivity contribution in [2.24, 2.45) is 5.92 Å². The Hall–Kier alpha value is -3.16. The Morgan fingerprint density at radius 2 is 1.50 bits per heavy atom. The van der Waals surface area contributed by atoms with Gasteiger partial charge in [0.25, 0.3) is 0 Å². The maximum atomic E-state index is 13.8. The Morgan fingerprint density at radius 3 is 2.09 bits per heavy atom. The van der Waals surface area contributed by atoms with Crippen molar-refractivity contribution < 1.29 is 14.7 Å². The summed E-state index contributed by atoms with van der Waals surface area (Å²) >= 11 is 3.10. The number of aliphatic carboxylic acids is 1. The average molecular weight is 463 g/mol. The molecule has 1 atom stereocenters. The minimum Gasteiger partial charge on any atom is -0.481 e. The lowest BCUT2D eigenvalue weighted by molar-refractivity contribution is -0.137. The zero-order chi connectivity index (χ0) is 22.3. The van der Waals surface area contributed by atoms with E-state index < -0.39 is 11.9 Å². The van der Waals surface area contributed by atoms with Crippen LogP contribution in [0.4, 0.5) is 11.4 Å². The summed E-state index contributed by atoms with van der Waals surface area (Å²) in [5.41, 5.74) is 2.45. The third kappa shape index (κ3) is 5.36. The highest BCUT2D eigenvalue weighted by Gasteiger charge is 2.28. The smallest absolute Gasteiger partial charge is 0.303 e. The van der Waals surface area contributed by atoms with E-state index in [4.69, 9.17) is 0 Å². The average Bonchev–Trinajstić information content (AvgIpc) is 3.23. The number of hydrogen-bond acceptors (Lipinski definition) is 5. The standard InChI is InChI=1S/C25H22N2O3S2/c28-23(29)16-15-18(17-31-25-26-21-13-7-8-14-22(21)32-25)24(30)27(19-9-3-1-4-10-19)20-11-5-2-6-12-20/h1-14,18H,15-17H2,(H,28,29). The number of hydrogen-bond donors (Lipinski definition) is 1. The summed E-state index contributed by atoms with van der Waals surface area (Å²) in [6, 6.07) is 26.8. The van der Waals surface area contributed by atoms with Crippen LogP contribution >= 0.6 is 23.1 Å². The SMILES string of the molecule is O=C(O)CCC(CSc1nc2ccccc2s1)C(=O)N(c1ccccc1)c1ccccc1. The molecule has 5 nitrogen and oxygen atoms in total. The van der Waals surface area contributed by atoms with Crippen molar-refractivity contribution in [1.29, 1.82) is 0 Å². The van der Waals surface area contributed by atoms with Crippen LogP contribution in [0.1, 0.15) is 12.8 Å². The number of aromatic nitrogens is 1. The zero-order valence-electron chi connectivity index (χ0n) is 17.3. The normalized spacial score (nSPS) is 11.9. The summed E-state index contributed by atoms with van der Waals surface area (Å²) in [6.07, 6.45) is 0.205. The topological polar surface area (TPSA) is 70.5 Å². The first-order valence-electron chi connectivity index (χ1n) is 10.3. The largest absolute Gasteiger partial charge is 0.481 e. The first-order chi connectivity index (χ1) is 15.6. The van der Waals surface area contributed by atoms with E-state index in [2.05, 4.69) is 4.98 Å². The summed E-state index contributed by atoms with van der Waals surface area (Å²) in [5.74, 6) is -1.03. The number of amides is 1. The number of carboxylic acid groups (broad SMARTS) is 1.